The summed E-state index contributed by atoms with van der Waals surface area (Å²) < 4.78 is 26.7. The molecule has 0 aliphatic rings. The molecule has 2 atom stereocenters. The van der Waals surface area contributed by atoms with Gasteiger partial charge >= 0.3 is 0 Å². The molecule has 0 amide bonds. The molecule has 2 rings (SSSR count). The molecule has 0 saturated carbocycles. The first kappa shape index (κ1) is 16.2. The molecule has 21 heavy (non-hydrogen) atoms. The predicted molar refractivity (Wildman–Crippen MR) is 81.0 cm³/mol. The maximum absolute atomic E-state index is 12.7. The largest absolute Gasteiger partial charge is 0.231 e. The summed E-state index contributed by atoms with van der Waals surface area (Å²) >= 11 is 11.8. The number of benzene rings is 1. The van der Waals surface area contributed by atoms with Crippen LogP contribution >= 0.6 is 23.2 Å². The molecule has 6 nitrogen and oxygen atoms in total. The van der Waals surface area contributed by atoms with Crippen LogP contribution in [0.25, 0.3) is 0 Å². The molecule has 1 heterocycles. The van der Waals surface area contributed by atoms with E-state index in [9.17, 15) is 8.42 Å². The van der Waals surface area contributed by atoms with Gasteiger partial charge in [0.2, 0.25) is 0 Å². The highest BCUT2D eigenvalue weighted by Crippen LogP contribution is 2.34. The zero-order chi connectivity index (χ0) is 15.8. The van der Waals surface area contributed by atoms with Crippen LogP contribution in [0.15, 0.2) is 18.2 Å². The van der Waals surface area contributed by atoms with E-state index in [1.807, 2.05) is 0 Å². The summed E-state index contributed by atoms with van der Waals surface area (Å²) in [5, 5.41) is 10.0. The standard InChI is InChI=1S/C12H14Cl2N4O2S/c1-7(9-4-5-10(13)11(14)6-9)21(19,20)8(2)12-15-16-17-18(12)3/h4-8H,1-3H3/t7-,8+/m1/s1. The van der Waals surface area contributed by atoms with Crippen molar-refractivity contribution >= 4 is 33.0 Å². The number of sulfone groups is 1. The molecule has 0 unspecified atom stereocenters. The van der Waals surface area contributed by atoms with E-state index < -0.39 is 20.3 Å². The molecule has 0 aliphatic heterocycles. The lowest BCUT2D eigenvalue weighted by molar-refractivity contribution is 0.566. The third-order valence-corrected chi connectivity index (χ3v) is 6.61. The minimum atomic E-state index is -3.53. The van der Waals surface area contributed by atoms with Gasteiger partial charge in [-0.15, -0.1) is 5.10 Å². The first-order valence-corrected chi connectivity index (χ1v) is 8.51. The van der Waals surface area contributed by atoms with Gasteiger partial charge in [-0.3, -0.25) is 0 Å². The molecule has 0 fully saturated rings. The van der Waals surface area contributed by atoms with Crippen molar-refractivity contribution in [2.75, 3.05) is 0 Å². The summed E-state index contributed by atoms with van der Waals surface area (Å²) in [6.45, 7) is 3.17. The third kappa shape index (κ3) is 3.04. The molecule has 0 N–H and O–H groups in total. The van der Waals surface area contributed by atoms with Crippen molar-refractivity contribution in [2.24, 2.45) is 7.05 Å². The maximum Gasteiger partial charge on any atom is 0.168 e. The van der Waals surface area contributed by atoms with Gasteiger partial charge in [0, 0.05) is 7.05 Å². The Kier molecular flexibility index (Phi) is 4.55. The Morgan fingerprint density at radius 3 is 2.33 bits per heavy atom. The second-order valence-electron chi connectivity index (χ2n) is 4.71. The van der Waals surface area contributed by atoms with Gasteiger partial charge in [0.25, 0.3) is 0 Å². The van der Waals surface area contributed by atoms with E-state index in [1.165, 1.54) is 4.68 Å². The topological polar surface area (TPSA) is 77.7 Å². The van der Waals surface area contributed by atoms with Crippen LogP contribution in [0.4, 0.5) is 0 Å². The van der Waals surface area contributed by atoms with Crippen molar-refractivity contribution in [2.45, 2.75) is 24.3 Å². The highest BCUT2D eigenvalue weighted by Gasteiger charge is 2.33. The summed E-state index contributed by atoms with van der Waals surface area (Å²) in [6.07, 6.45) is 0. The van der Waals surface area contributed by atoms with Crippen LogP contribution in [-0.2, 0) is 16.9 Å². The quantitative estimate of drug-likeness (QED) is 0.848. The predicted octanol–water partition coefficient (Wildman–Crippen LogP) is 2.75. The third-order valence-electron chi connectivity index (χ3n) is 3.42. The number of aromatic nitrogens is 4. The number of rotatable bonds is 4. The minimum Gasteiger partial charge on any atom is -0.231 e. The molecule has 2 aromatic rings. The molecule has 114 valence electrons. The van der Waals surface area contributed by atoms with E-state index in [4.69, 9.17) is 23.2 Å². The summed E-state index contributed by atoms with van der Waals surface area (Å²) in [5.74, 6) is 0.293. The number of halogens is 2. The lowest BCUT2D eigenvalue weighted by Crippen LogP contribution is -2.20. The van der Waals surface area contributed by atoms with E-state index in [0.29, 0.717) is 21.4 Å². The SMILES string of the molecule is C[C@H](c1ccc(Cl)c(Cl)c1)S(=O)(=O)[C@@H](C)c1nnnn1C. The van der Waals surface area contributed by atoms with Gasteiger partial charge in [-0.1, -0.05) is 29.3 Å². The lowest BCUT2D eigenvalue weighted by atomic mass is 10.2. The van der Waals surface area contributed by atoms with Crippen LogP contribution in [0.2, 0.25) is 10.0 Å². The number of hydrogen-bond donors (Lipinski definition) is 0. The molecular formula is C12H14Cl2N4O2S. The Morgan fingerprint density at radius 1 is 1.14 bits per heavy atom. The van der Waals surface area contributed by atoms with E-state index in [-0.39, 0.29) is 0 Å². The second kappa shape index (κ2) is 5.90. The molecule has 0 spiro atoms. The van der Waals surface area contributed by atoms with Crippen molar-refractivity contribution < 1.29 is 8.42 Å². The van der Waals surface area contributed by atoms with Crippen LogP contribution < -0.4 is 0 Å². The van der Waals surface area contributed by atoms with Crippen LogP contribution in [-0.4, -0.2) is 28.6 Å². The fourth-order valence-corrected chi connectivity index (χ4v) is 3.93. The van der Waals surface area contributed by atoms with Gasteiger partial charge in [-0.2, -0.15) is 0 Å². The molecule has 1 aromatic carbocycles. The highest BCUT2D eigenvalue weighted by molar-refractivity contribution is 7.91. The van der Waals surface area contributed by atoms with Gasteiger partial charge in [0.05, 0.1) is 15.3 Å². The number of tetrazole rings is 1. The monoisotopic (exact) mass is 348 g/mol. The summed E-state index contributed by atoms with van der Waals surface area (Å²) in [5.41, 5.74) is 0.575. The van der Waals surface area contributed by atoms with E-state index in [0.717, 1.165) is 0 Å². The molecule has 0 radical (unpaired) electrons. The highest BCUT2D eigenvalue weighted by atomic mass is 35.5. The van der Waals surface area contributed by atoms with Crippen molar-refractivity contribution in [1.29, 1.82) is 0 Å². The molecule has 0 aliphatic carbocycles. The Balaban J connectivity index is 2.38. The fourth-order valence-electron chi connectivity index (χ4n) is 1.99. The lowest BCUT2D eigenvalue weighted by Gasteiger charge is -2.18. The first-order valence-electron chi connectivity index (χ1n) is 6.15. The Bertz CT molecular complexity index is 760. The van der Waals surface area contributed by atoms with Gasteiger partial charge in [-0.25, -0.2) is 13.1 Å². The smallest absolute Gasteiger partial charge is 0.168 e. The zero-order valence-electron chi connectivity index (χ0n) is 11.7. The molecule has 0 saturated heterocycles. The maximum atomic E-state index is 12.7. The van der Waals surface area contributed by atoms with Crippen molar-refractivity contribution in [3.05, 3.63) is 39.6 Å². The molecule has 9 heteroatoms. The molecular weight excluding hydrogens is 335 g/mol. The Morgan fingerprint density at radius 2 is 1.81 bits per heavy atom. The average molecular weight is 349 g/mol. The molecule has 0 bridgehead atoms. The number of aryl methyl sites for hydroxylation is 1. The summed E-state index contributed by atoms with van der Waals surface area (Å²) in [4.78, 5) is 0. The van der Waals surface area contributed by atoms with E-state index >= 15 is 0 Å². The summed E-state index contributed by atoms with van der Waals surface area (Å²) in [6, 6.07) is 4.80. The van der Waals surface area contributed by atoms with Crippen LogP contribution in [0, 0.1) is 0 Å². The normalized spacial score (nSPS) is 14.9. The van der Waals surface area contributed by atoms with E-state index in [2.05, 4.69) is 15.5 Å². The van der Waals surface area contributed by atoms with Crippen LogP contribution in [0.5, 0.6) is 0 Å². The average Bonchev–Trinajstić information content (AvgIpc) is 2.86. The van der Waals surface area contributed by atoms with Crippen molar-refractivity contribution in [1.82, 2.24) is 20.2 Å². The van der Waals surface area contributed by atoms with E-state index in [1.54, 1.807) is 39.1 Å². The summed E-state index contributed by atoms with van der Waals surface area (Å²) in [7, 11) is -1.93. The van der Waals surface area contributed by atoms with Crippen LogP contribution in [0.3, 0.4) is 0 Å². The van der Waals surface area contributed by atoms with Gasteiger partial charge in [-0.05, 0) is 42.0 Å². The first-order chi connectivity index (χ1) is 9.75. The zero-order valence-corrected chi connectivity index (χ0v) is 14.0. The van der Waals surface area contributed by atoms with Crippen LogP contribution in [0.1, 0.15) is 35.7 Å². The van der Waals surface area contributed by atoms with Crippen molar-refractivity contribution in [3.63, 3.8) is 0 Å². The minimum absolute atomic E-state index is 0.293. The number of hydrogen-bond acceptors (Lipinski definition) is 5. The van der Waals surface area contributed by atoms with Gasteiger partial charge in [0.1, 0.15) is 5.25 Å². The Hall–Kier alpha value is -1.18. The van der Waals surface area contributed by atoms with Gasteiger partial charge < -0.3 is 0 Å². The molecule has 1 aromatic heterocycles. The number of nitrogens with zero attached hydrogens (tertiary/aromatic N) is 4. The van der Waals surface area contributed by atoms with Crippen molar-refractivity contribution in [3.8, 4) is 0 Å². The fraction of sp³-hybridized carbons (Fsp3) is 0.417. The Labute approximate surface area is 133 Å². The second-order valence-corrected chi connectivity index (χ2v) is 8.11. The van der Waals surface area contributed by atoms with Gasteiger partial charge in [0.15, 0.2) is 15.7 Å².